The third kappa shape index (κ3) is 5.76. The lowest BCUT2D eigenvalue weighted by Crippen LogP contribution is -2.36. The number of carbonyl (C=O) groups is 1. The van der Waals surface area contributed by atoms with Crippen molar-refractivity contribution in [1.29, 1.82) is 0 Å². The standard InChI is InChI=1S/C22H33NO2/c24-19-14-12-17(13-15-19)20-16-21(20)22(25)23-18-10-8-6-4-2-1-3-5-7-9-11-18/h12-15,18,20-21,24H,1-11,16H2,(H,23,25). The highest BCUT2D eigenvalue weighted by atomic mass is 16.3. The Kier molecular flexibility index (Phi) is 6.77. The number of hydrogen-bond donors (Lipinski definition) is 2. The van der Waals surface area contributed by atoms with Gasteiger partial charge in [0.2, 0.25) is 5.91 Å². The van der Waals surface area contributed by atoms with Crippen molar-refractivity contribution >= 4 is 5.91 Å². The van der Waals surface area contributed by atoms with Gasteiger partial charge in [0.25, 0.3) is 0 Å². The SMILES string of the molecule is O=C(NC1CCCCCCCCCCC1)C1CC1c1ccc(O)cc1. The van der Waals surface area contributed by atoms with Gasteiger partial charge in [-0.05, 0) is 42.9 Å². The van der Waals surface area contributed by atoms with Gasteiger partial charge in [0.05, 0.1) is 0 Å². The number of nitrogens with one attached hydrogen (secondary N) is 1. The number of phenols is 1. The highest BCUT2D eigenvalue weighted by Crippen LogP contribution is 2.47. The van der Waals surface area contributed by atoms with Crippen molar-refractivity contribution in [3.8, 4) is 5.75 Å². The highest BCUT2D eigenvalue weighted by Gasteiger charge is 2.44. The Bertz CT molecular complexity index is 527. The monoisotopic (exact) mass is 343 g/mol. The topological polar surface area (TPSA) is 49.3 Å². The summed E-state index contributed by atoms with van der Waals surface area (Å²) in [4.78, 5) is 12.6. The molecule has 0 aromatic heterocycles. The van der Waals surface area contributed by atoms with E-state index in [1.54, 1.807) is 12.1 Å². The Labute approximate surface area is 152 Å². The van der Waals surface area contributed by atoms with Crippen LogP contribution in [0.2, 0.25) is 0 Å². The zero-order chi connectivity index (χ0) is 17.5. The Morgan fingerprint density at radius 1 is 0.840 bits per heavy atom. The molecule has 0 aliphatic heterocycles. The summed E-state index contributed by atoms with van der Waals surface area (Å²) in [6.07, 6.45) is 15.2. The Hall–Kier alpha value is -1.51. The molecule has 2 N–H and O–H groups in total. The molecule has 0 radical (unpaired) electrons. The summed E-state index contributed by atoms with van der Waals surface area (Å²) in [5.41, 5.74) is 1.18. The summed E-state index contributed by atoms with van der Waals surface area (Å²) in [5.74, 6) is 1.01. The summed E-state index contributed by atoms with van der Waals surface area (Å²) in [7, 11) is 0. The fraction of sp³-hybridized carbons (Fsp3) is 0.682. The van der Waals surface area contributed by atoms with Gasteiger partial charge in [0.15, 0.2) is 0 Å². The van der Waals surface area contributed by atoms with Crippen molar-refractivity contribution < 1.29 is 9.90 Å². The third-order valence-electron chi connectivity index (χ3n) is 5.90. The smallest absolute Gasteiger partial charge is 0.223 e. The molecule has 3 rings (SSSR count). The molecule has 2 unspecified atom stereocenters. The normalized spacial score (nSPS) is 26.2. The predicted octanol–water partition coefficient (Wildman–Crippen LogP) is 5.29. The van der Waals surface area contributed by atoms with Gasteiger partial charge in [-0.25, -0.2) is 0 Å². The van der Waals surface area contributed by atoms with Gasteiger partial charge in [-0.15, -0.1) is 0 Å². The Morgan fingerprint density at radius 2 is 1.36 bits per heavy atom. The molecular formula is C22H33NO2. The predicted molar refractivity (Wildman–Crippen MR) is 102 cm³/mol. The van der Waals surface area contributed by atoms with Crippen LogP contribution in [0.1, 0.15) is 88.5 Å². The van der Waals surface area contributed by atoms with E-state index >= 15 is 0 Å². The van der Waals surface area contributed by atoms with Crippen molar-refractivity contribution in [2.24, 2.45) is 5.92 Å². The van der Waals surface area contributed by atoms with Gasteiger partial charge >= 0.3 is 0 Å². The molecule has 2 saturated carbocycles. The van der Waals surface area contributed by atoms with Crippen LogP contribution in [0.3, 0.4) is 0 Å². The molecule has 0 bridgehead atoms. The van der Waals surface area contributed by atoms with Gasteiger partial charge in [-0.1, -0.05) is 69.9 Å². The van der Waals surface area contributed by atoms with Crippen LogP contribution in [0.4, 0.5) is 0 Å². The van der Waals surface area contributed by atoms with E-state index in [1.807, 2.05) is 12.1 Å². The Morgan fingerprint density at radius 3 is 1.92 bits per heavy atom. The van der Waals surface area contributed by atoms with Crippen LogP contribution >= 0.6 is 0 Å². The van der Waals surface area contributed by atoms with Crippen LogP contribution in [0, 0.1) is 5.92 Å². The minimum Gasteiger partial charge on any atom is -0.508 e. The van der Waals surface area contributed by atoms with E-state index in [4.69, 9.17) is 0 Å². The largest absolute Gasteiger partial charge is 0.508 e. The molecule has 2 atom stereocenters. The van der Waals surface area contributed by atoms with Crippen molar-refractivity contribution in [2.75, 3.05) is 0 Å². The highest BCUT2D eigenvalue weighted by molar-refractivity contribution is 5.83. The van der Waals surface area contributed by atoms with Crippen LogP contribution < -0.4 is 5.32 Å². The molecule has 0 heterocycles. The van der Waals surface area contributed by atoms with Gasteiger partial charge in [0, 0.05) is 12.0 Å². The number of rotatable bonds is 3. The first-order chi connectivity index (χ1) is 12.2. The van der Waals surface area contributed by atoms with Crippen LogP contribution in [0.25, 0.3) is 0 Å². The number of amides is 1. The molecule has 25 heavy (non-hydrogen) atoms. The first-order valence-electron chi connectivity index (χ1n) is 10.3. The van der Waals surface area contributed by atoms with Crippen molar-refractivity contribution in [3.63, 3.8) is 0 Å². The average molecular weight is 344 g/mol. The third-order valence-corrected chi connectivity index (χ3v) is 5.90. The lowest BCUT2D eigenvalue weighted by atomic mass is 9.97. The van der Waals surface area contributed by atoms with Crippen LogP contribution in [0.15, 0.2) is 24.3 Å². The van der Waals surface area contributed by atoms with E-state index in [9.17, 15) is 9.90 Å². The fourth-order valence-electron chi connectivity index (χ4n) is 4.19. The van der Waals surface area contributed by atoms with Crippen molar-refractivity contribution in [1.82, 2.24) is 5.32 Å². The molecule has 138 valence electrons. The molecule has 3 nitrogen and oxygen atoms in total. The first-order valence-corrected chi connectivity index (χ1v) is 10.3. The Balaban J connectivity index is 1.47. The zero-order valence-corrected chi connectivity index (χ0v) is 15.4. The summed E-state index contributed by atoms with van der Waals surface area (Å²) in [6.45, 7) is 0. The second-order valence-electron chi connectivity index (χ2n) is 8.01. The van der Waals surface area contributed by atoms with Gasteiger partial charge in [0.1, 0.15) is 5.75 Å². The van der Waals surface area contributed by atoms with E-state index < -0.39 is 0 Å². The molecule has 0 saturated heterocycles. The molecule has 0 spiro atoms. The van der Waals surface area contributed by atoms with E-state index in [1.165, 1.54) is 63.4 Å². The van der Waals surface area contributed by atoms with E-state index in [0.717, 1.165) is 19.3 Å². The molecule has 3 heteroatoms. The zero-order valence-electron chi connectivity index (χ0n) is 15.4. The van der Waals surface area contributed by atoms with E-state index in [0.29, 0.717) is 17.7 Å². The van der Waals surface area contributed by atoms with Gasteiger partial charge < -0.3 is 10.4 Å². The fourth-order valence-corrected chi connectivity index (χ4v) is 4.19. The number of benzene rings is 1. The second kappa shape index (κ2) is 9.26. The van der Waals surface area contributed by atoms with E-state index in [2.05, 4.69) is 5.32 Å². The molecule has 1 aromatic rings. The maximum Gasteiger partial charge on any atom is 0.223 e. The summed E-state index contributed by atoms with van der Waals surface area (Å²) in [6, 6.07) is 7.70. The van der Waals surface area contributed by atoms with Crippen LogP contribution in [0.5, 0.6) is 5.75 Å². The minimum atomic E-state index is 0.130. The lowest BCUT2D eigenvalue weighted by molar-refractivity contribution is -0.123. The number of carbonyl (C=O) groups excluding carboxylic acids is 1. The second-order valence-corrected chi connectivity index (χ2v) is 8.01. The molecule has 2 fully saturated rings. The minimum absolute atomic E-state index is 0.130. The number of phenolic OH excluding ortho intramolecular Hbond substituents is 1. The number of aromatic hydroxyl groups is 1. The van der Waals surface area contributed by atoms with E-state index in [-0.39, 0.29) is 11.8 Å². The van der Waals surface area contributed by atoms with Crippen LogP contribution in [-0.4, -0.2) is 17.1 Å². The summed E-state index contributed by atoms with van der Waals surface area (Å²) < 4.78 is 0. The molecule has 1 aromatic carbocycles. The summed E-state index contributed by atoms with van der Waals surface area (Å²) >= 11 is 0. The molecular weight excluding hydrogens is 310 g/mol. The van der Waals surface area contributed by atoms with Gasteiger partial charge in [-0.3, -0.25) is 4.79 Å². The quantitative estimate of drug-likeness (QED) is 0.784. The average Bonchev–Trinajstić information content (AvgIpc) is 3.39. The lowest BCUT2D eigenvalue weighted by Gasteiger charge is -2.19. The summed E-state index contributed by atoms with van der Waals surface area (Å²) in [5, 5.41) is 12.8. The first kappa shape index (κ1) is 18.3. The number of hydrogen-bond acceptors (Lipinski definition) is 2. The molecule has 2 aliphatic rings. The molecule has 2 aliphatic carbocycles. The van der Waals surface area contributed by atoms with Gasteiger partial charge in [-0.2, -0.15) is 0 Å². The maximum absolute atomic E-state index is 12.6. The van der Waals surface area contributed by atoms with Crippen LogP contribution in [-0.2, 0) is 4.79 Å². The molecule has 1 amide bonds. The maximum atomic E-state index is 12.6. The van der Waals surface area contributed by atoms with Crippen molar-refractivity contribution in [3.05, 3.63) is 29.8 Å². The van der Waals surface area contributed by atoms with Crippen molar-refractivity contribution in [2.45, 2.75) is 89.0 Å².